The van der Waals surface area contributed by atoms with E-state index in [1.54, 1.807) is 0 Å². The summed E-state index contributed by atoms with van der Waals surface area (Å²) in [7, 11) is 0. The van der Waals surface area contributed by atoms with Crippen molar-refractivity contribution < 1.29 is 22.4 Å². The molecule has 0 aliphatic carbocycles. The zero-order valence-corrected chi connectivity index (χ0v) is 11.1. The summed E-state index contributed by atoms with van der Waals surface area (Å²) >= 11 is 0.130. The van der Waals surface area contributed by atoms with Crippen LogP contribution in [0.4, 0.5) is 23.2 Å². The van der Waals surface area contributed by atoms with E-state index in [9.17, 15) is 22.4 Å². The van der Waals surface area contributed by atoms with Gasteiger partial charge in [-0.3, -0.25) is 4.79 Å². The number of carbonyl (C=O) groups is 1. The van der Waals surface area contributed by atoms with Gasteiger partial charge in [-0.25, -0.2) is 13.8 Å². The highest BCUT2D eigenvalue weighted by Gasteiger charge is 2.17. The van der Waals surface area contributed by atoms with Crippen LogP contribution in [-0.4, -0.2) is 16.6 Å². The molecule has 0 aliphatic rings. The molecule has 8 heteroatoms. The normalized spacial score (nSPS) is 10.7. The second-order valence-electron chi connectivity index (χ2n) is 3.82. The molecule has 0 saturated heterocycles. The quantitative estimate of drug-likeness (QED) is 0.686. The first-order valence-corrected chi connectivity index (χ1v) is 6.51. The number of nitrogens with zero attached hydrogens (tertiary/aromatic N) is 1. The smallest absolute Gasteiger partial charge is 0.290 e. The second-order valence-corrected chi connectivity index (χ2v) is 4.80. The van der Waals surface area contributed by atoms with E-state index in [1.807, 2.05) is 0 Å². The van der Waals surface area contributed by atoms with Gasteiger partial charge in [0.2, 0.25) is 0 Å². The molecule has 0 unspecified atom stereocenters. The minimum Gasteiger partial charge on any atom is -0.322 e. The Bertz CT molecular complexity index is 666. The molecule has 21 heavy (non-hydrogen) atoms. The highest BCUT2D eigenvalue weighted by atomic mass is 32.2. The number of amides is 1. The maximum absolute atomic E-state index is 13.0. The number of carbonyl (C=O) groups excluding carboxylic acids is 1. The fourth-order valence-electron chi connectivity index (χ4n) is 1.51. The Labute approximate surface area is 121 Å². The molecule has 0 spiro atoms. The molecule has 110 valence electrons. The Morgan fingerprint density at radius 2 is 1.95 bits per heavy atom. The topological polar surface area (TPSA) is 42.0 Å². The number of benzene rings is 1. The fraction of sp³-hybridized carbons (Fsp3) is 0.0769. The number of alkyl halides is 2. The van der Waals surface area contributed by atoms with Crippen molar-refractivity contribution in [3.05, 3.63) is 53.7 Å². The maximum Gasteiger partial charge on any atom is 0.290 e. The highest BCUT2D eigenvalue weighted by molar-refractivity contribution is 7.99. The molecule has 3 nitrogen and oxygen atoms in total. The highest BCUT2D eigenvalue weighted by Crippen LogP contribution is 2.27. The zero-order valence-electron chi connectivity index (χ0n) is 10.3. The molecule has 2 aromatic rings. The average Bonchev–Trinajstić information content (AvgIpc) is 2.43. The number of anilines is 1. The Kier molecular flexibility index (Phi) is 4.79. The molecule has 0 bridgehead atoms. The monoisotopic (exact) mass is 316 g/mol. The summed E-state index contributed by atoms with van der Waals surface area (Å²) in [4.78, 5) is 15.7. The lowest BCUT2D eigenvalue weighted by Gasteiger charge is -2.08. The standard InChI is InChI=1S/C13H8F4N2OS/c14-9-4-3-7(6-10(9)15)19-11(20)8-2-1-5-18-12(8)21-13(16)17/h1-6,13H,(H,19,20). The molecule has 2 rings (SSSR count). The van der Waals surface area contributed by atoms with Crippen LogP contribution in [0.3, 0.4) is 0 Å². The Balaban J connectivity index is 2.22. The first kappa shape index (κ1) is 15.3. The van der Waals surface area contributed by atoms with Gasteiger partial charge in [-0.2, -0.15) is 8.78 Å². The molecule has 0 saturated carbocycles. The molecule has 0 fully saturated rings. The van der Waals surface area contributed by atoms with Crippen LogP contribution in [0, 0.1) is 11.6 Å². The molecule has 1 aromatic carbocycles. The van der Waals surface area contributed by atoms with Gasteiger partial charge in [0.1, 0.15) is 5.03 Å². The number of pyridine rings is 1. The van der Waals surface area contributed by atoms with Crippen LogP contribution in [0.2, 0.25) is 0 Å². The molecule has 1 aromatic heterocycles. The van der Waals surface area contributed by atoms with E-state index < -0.39 is 23.3 Å². The molecule has 1 amide bonds. The first-order chi connectivity index (χ1) is 9.97. The summed E-state index contributed by atoms with van der Waals surface area (Å²) in [5.41, 5.74) is -0.0664. The third-order valence-electron chi connectivity index (χ3n) is 2.39. The van der Waals surface area contributed by atoms with E-state index >= 15 is 0 Å². The van der Waals surface area contributed by atoms with E-state index in [2.05, 4.69) is 10.3 Å². The summed E-state index contributed by atoms with van der Waals surface area (Å²) in [6.07, 6.45) is 1.28. The van der Waals surface area contributed by atoms with Gasteiger partial charge in [0.25, 0.3) is 11.7 Å². The van der Waals surface area contributed by atoms with Gasteiger partial charge in [0.15, 0.2) is 11.6 Å². The third kappa shape index (κ3) is 3.94. The number of rotatable bonds is 4. The Morgan fingerprint density at radius 1 is 1.19 bits per heavy atom. The van der Waals surface area contributed by atoms with E-state index in [4.69, 9.17) is 0 Å². The minimum absolute atomic E-state index is 0.00995. The van der Waals surface area contributed by atoms with Gasteiger partial charge in [-0.05, 0) is 36.0 Å². The van der Waals surface area contributed by atoms with Crippen molar-refractivity contribution in [1.82, 2.24) is 4.98 Å². The largest absolute Gasteiger partial charge is 0.322 e. The van der Waals surface area contributed by atoms with Crippen molar-refractivity contribution in [3.63, 3.8) is 0 Å². The van der Waals surface area contributed by atoms with Gasteiger partial charge >= 0.3 is 0 Å². The van der Waals surface area contributed by atoms with Gasteiger partial charge in [-0.1, -0.05) is 0 Å². The summed E-state index contributed by atoms with van der Waals surface area (Å²) in [5, 5.41) is 2.15. The Morgan fingerprint density at radius 3 is 2.62 bits per heavy atom. The van der Waals surface area contributed by atoms with Gasteiger partial charge in [-0.15, -0.1) is 0 Å². The lowest BCUT2D eigenvalue weighted by Crippen LogP contribution is -2.14. The summed E-state index contributed by atoms with van der Waals surface area (Å²) in [5.74, 6) is -5.64. The van der Waals surface area contributed by atoms with Crippen LogP contribution in [0.5, 0.6) is 0 Å². The van der Waals surface area contributed by atoms with Crippen molar-refractivity contribution in [2.45, 2.75) is 10.8 Å². The minimum atomic E-state index is -2.73. The molecule has 0 atom stereocenters. The lowest BCUT2D eigenvalue weighted by atomic mass is 10.2. The lowest BCUT2D eigenvalue weighted by molar-refractivity contribution is 0.102. The number of halogens is 4. The third-order valence-corrected chi connectivity index (χ3v) is 3.12. The first-order valence-electron chi connectivity index (χ1n) is 5.63. The number of hydrogen-bond acceptors (Lipinski definition) is 3. The van der Waals surface area contributed by atoms with Crippen LogP contribution >= 0.6 is 11.8 Å². The molecule has 1 heterocycles. The number of nitrogens with one attached hydrogen (secondary N) is 1. The van der Waals surface area contributed by atoms with Crippen LogP contribution in [0.1, 0.15) is 10.4 Å². The van der Waals surface area contributed by atoms with E-state index in [-0.39, 0.29) is 28.0 Å². The van der Waals surface area contributed by atoms with Crippen molar-refractivity contribution >= 4 is 23.4 Å². The number of aromatic nitrogens is 1. The van der Waals surface area contributed by atoms with E-state index in [0.717, 1.165) is 18.2 Å². The molecular formula is C13H8F4N2OS. The number of hydrogen-bond donors (Lipinski definition) is 1. The van der Waals surface area contributed by atoms with Crippen molar-refractivity contribution in [2.75, 3.05) is 5.32 Å². The molecule has 0 radical (unpaired) electrons. The molecular weight excluding hydrogens is 308 g/mol. The van der Waals surface area contributed by atoms with Gasteiger partial charge < -0.3 is 5.32 Å². The Hall–Kier alpha value is -2.09. The fourth-order valence-corrected chi connectivity index (χ4v) is 2.09. The SMILES string of the molecule is O=C(Nc1ccc(F)c(F)c1)c1cccnc1SC(F)F. The summed E-state index contributed by atoms with van der Waals surface area (Å²) in [6, 6.07) is 5.53. The van der Waals surface area contributed by atoms with Crippen LogP contribution in [-0.2, 0) is 0 Å². The van der Waals surface area contributed by atoms with E-state index in [0.29, 0.717) is 0 Å². The van der Waals surface area contributed by atoms with E-state index in [1.165, 1.54) is 18.3 Å². The maximum atomic E-state index is 13.0. The van der Waals surface area contributed by atoms with Gasteiger partial charge in [0.05, 0.1) is 5.56 Å². The van der Waals surface area contributed by atoms with Crippen molar-refractivity contribution in [3.8, 4) is 0 Å². The van der Waals surface area contributed by atoms with Gasteiger partial charge in [0, 0.05) is 18.0 Å². The zero-order chi connectivity index (χ0) is 15.4. The molecule has 1 N–H and O–H groups in total. The van der Waals surface area contributed by atoms with Crippen molar-refractivity contribution in [2.24, 2.45) is 0 Å². The molecule has 0 aliphatic heterocycles. The predicted molar refractivity (Wildman–Crippen MR) is 70.4 cm³/mol. The van der Waals surface area contributed by atoms with Crippen LogP contribution in [0.25, 0.3) is 0 Å². The van der Waals surface area contributed by atoms with Crippen LogP contribution in [0.15, 0.2) is 41.6 Å². The predicted octanol–water partition coefficient (Wildman–Crippen LogP) is 3.93. The second kappa shape index (κ2) is 6.57. The van der Waals surface area contributed by atoms with Crippen molar-refractivity contribution in [1.29, 1.82) is 0 Å². The average molecular weight is 316 g/mol. The van der Waals surface area contributed by atoms with Crippen LogP contribution < -0.4 is 5.32 Å². The summed E-state index contributed by atoms with van der Waals surface area (Å²) < 4.78 is 50.6. The summed E-state index contributed by atoms with van der Waals surface area (Å²) in [6.45, 7) is 0. The number of thioether (sulfide) groups is 1.